The Labute approximate surface area is 113 Å². The van der Waals surface area contributed by atoms with Gasteiger partial charge in [-0.15, -0.1) is 0 Å². The van der Waals surface area contributed by atoms with Crippen LogP contribution in [0.2, 0.25) is 0 Å². The van der Waals surface area contributed by atoms with Gasteiger partial charge in [0.2, 0.25) is 0 Å². The van der Waals surface area contributed by atoms with Crippen molar-refractivity contribution in [3.8, 4) is 0 Å². The monoisotopic (exact) mass is 254 g/mol. The van der Waals surface area contributed by atoms with Crippen molar-refractivity contribution in [2.24, 2.45) is 0 Å². The number of hydrogen-bond acceptors (Lipinski definition) is 3. The van der Waals surface area contributed by atoms with Crippen molar-refractivity contribution < 1.29 is 0 Å². The van der Waals surface area contributed by atoms with Gasteiger partial charge in [-0.05, 0) is 43.5 Å². The number of rotatable bonds is 3. The molecule has 0 aromatic carbocycles. The lowest BCUT2D eigenvalue weighted by Crippen LogP contribution is -2.19. The summed E-state index contributed by atoms with van der Waals surface area (Å²) >= 11 is 0. The fourth-order valence-corrected chi connectivity index (χ4v) is 2.28. The van der Waals surface area contributed by atoms with Crippen molar-refractivity contribution in [2.45, 2.75) is 25.8 Å². The predicted molar refractivity (Wildman–Crippen MR) is 75.4 cm³/mol. The quantitative estimate of drug-likeness (QED) is 0.914. The molecule has 19 heavy (non-hydrogen) atoms. The van der Waals surface area contributed by atoms with Crippen molar-refractivity contribution >= 4 is 6.08 Å². The summed E-state index contributed by atoms with van der Waals surface area (Å²) in [7, 11) is 0. The number of hydrogen-bond donors (Lipinski definition) is 1. The standard InChI is InChI=1S/C15H18N4/c1-3-8-16-13(5-1)11-14-7-10-19(18-14)12-15-6-2-4-9-17-15/h2,4,6-7,9-11,16H,1,3,5,8,12H2. The van der Waals surface area contributed by atoms with Crippen LogP contribution in [-0.4, -0.2) is 21.3 Å². The maximum atomic E-state index is 4.56. The second-order valence-electron chi connectivity index (χ2n) is 4.81. The first-order valence-electron chi connectivity index (χ1n) is 6.78. The molecule has 1 aliphatic heterocycles. The van der Waals surface area contributed by atoms with Crippen molar-refractivity contribution in [1.29, 1.82) is 0 Å². The van der Waals surface area contributed by atoms with Gasteiger partial charge in [0.15, 0.2) is 0 Å². The Balaban J connectivity index is 1.69. The SMILES string of the molecule is C(=C1CCCCN1)c1ccn(Cc2ccccn2)n1. The molecule has 3 heterocycles. The number of piperidine rings is 1. The van der Waals surface area contributed by atoms with Crippen LogP contribution < -0.4 is 5.32 Å². The van der Waals surface area contributed by atoms with Crippen LogP contribution in [0.3, 0.4) is 0 Å². The molecule has 98 valence electrons. The van der Waals surface area contributed by atoms with Gasteiger partial charge >= 0.3 is 0 Å². The molecule has 1 saturated heterocycles. The van der Waals surface area contributed by atoms with Gasteiger partial charge in [0.05, 0.1) is 17.9 Å². The predicted octanol–water partition coefficient (Wildman–Crippen LogP) is 2.44. The van der Waals surface area contributed by atoms with Gasteiger partial charge in [0.25, 0.3) is 0 Å². The molecule has 0 saturated carbocycles. The van der Waals surface area contributed by atoms with E-state index in [0.717, 1.165) is 30.9 Å². The Morgan fingerprint density at radius 1 is 1.26 bits per heavy atom. The van der Waals surface area contributed by atoms with Crippen molar-refractivity contribution in [3.63, 3.8) is 0 Å². The van der Waals surface area contributed by atoms with E-state index in [-0.39, 0.29) is 0 Å². The lowest BCUT2D eigenvalue weighted by Gasteiger charge is -2.15. The topological polar surface area (TPSA) is 42.7 Å². The van der Waals surface area contributed by atoms with E-state index in [9.17, 15) is 0 Å². The minimum Gasteiger partial charge on any atom is -0.388 e. The Morgan fingerprint density at radius 3 is 3.05 bits per heavy atom. The lowest BCUT2D eigenvalue weighted by atomic mass is 10.1. The molecule has 3 rings (SSSR count). The maximum Gasteiger partial charge on any atom is 0.0868 e. The van der Waals surface area contributed by atoms with Gasteiger partial charge in [-0.25, -0.2) is 0 Å². The van der Waals surface area contributed by atoms with Crippen LogP contribution in [0.25, 0.3) is 6.08 Å². The molecule has 1 aliphatic rings. The average molecular weight is 254 g/mol. The van der Waals surface area contributed by atoms with Gasteiger partial charge in [-0.3, -0.25) is 9.67 Å². The third-order valence-electron chi connectivity index (χ3n) is 3.26. The van der Waals surface area contributed by atoms with Crippen LogP contribution in [0.15, 0.2) is 42.4 Å². The molecule has 1 fully saturated rings. The summed E-state index contributed by atoms with van der Waals surface area (Å²) in [4.78, 5) is 4.31. The van der Waals surface area contributed by atoms with E-state index in [4.69, 9.17) is 0 Å². The van der Waals surface area contributed by atoms with Gasteiger partial charge in [-0.2, -0.15) is 5.10 Å². The van der Waals surface area contributed by atoms with Gasteiger partial charge < -0.3 is 5.32 Å². The zero-order valence-corrected chi connectivity index (χ0v) is 10.9. The zero-order valence-electron chi connectivity index (χ0n) is 10.9. The largest absolute Gasteiger partial charge is 0.388 e. The van der Waals surface area contributed by atoms with Crippen LogP contribution in [0, 0.1) is 0 Å². The molecule has 1 N–H and O–H groups in total. The van der Waals surface area contributed by atoms with E-state index in [1.165, 1.54) is 18.5 Å². The third kappa shape index (κ3) is 3.22. The summed E-state index contributed by atoms with van der Waals surface area (Å²) in [6.45, 7) is 1.80. The van der Waals surface area contributed by atoms with Crippen molar-refractivity contribution in [1.82, 2.24) is 20.1 Å². The molecule has 2 aromatic rings. The summed E-state index contributed by atoms with van der Waals surface area (Å²) < 4.78 is 1.93. The first kappa shape index (κ1) is 12.0. The normalized spacial score (nSPS) is 17.4. The molecule has 0 atom stereocenters. The average Bonchev–Trinajstić information content (AvgIpc) is 2.88. The Hall–Kier alpha value is -2.10. The molecule has 0 amide bonds. The highest BCUT2D eigenvalue weighted by Gasteiger charge is 2.05. The van der Waals surface area contributed by atoms with Gasteiger partial charge in [0, 0.05) is 24.6 Å². The molecular formula is C15H18N4. The minimum atomic E-state index is 0.720. The number of aromatic nitrogens is 3. The Kier molecular flexibility index (Phi) is 3.58. The fourth-order valence-electron chi connectivity index (χ4n) is 2.28. The summed E-state index contributed by atoms with van der Waals surface area (Å²) in [5.74, 6) is 0. The van der Waals surface area contributed by atoms with Gasteiger partial charge in [0.1, 0.15) is 0 Å². The number of allylic oxidation sites excluding steroid dienone is 1. The van der Waals surface area contributed by atoms with Crippen LogP contribution in [-0.2, 0) is 6.54 Å². The number of nitrogens with zero attached hydrogens (tertiary/aromatic N) is 3. The van der Waals surface area contributed by atoms with E-state index < -0.39 is 0 Å². The van der Waals surface area contributed by atoms with E-state index in [0.29, 0.717) is 0 Å². The zero-order chi connectivity index (χ0) is 12.9. The first-order valence-corrected chi connectivity index (χ1v) is 6.78. The van der Waals surface area contributed by atoms with Crippen molar-refractivity contribution in [2.75, 3.05) is 6.54 Å². The summed E-state index contributed by atoms with van der Waals surface area (Å²) in [5.41, 5.74) is 3.34. The maximum absolute atomic E-state index is 4.56. The van der Waals surface area contributed by atoms with Crippen LogP contribution in [0.4, 0.5) is 0 Å². The molecule has 0 unspecified atom stereocenters. The van der Waals surface area contributed by atoms with E-state index in [1.54, 1.807) is 0 Å². The Morgan fingerprint density at radius 2 is 2.26 bits per heavy atom. The van der Waals surface area contributed by atoms with E-state index in [1.807, 2.05) is 41.3 Å². The second-order valence-corrected chi connectivity index (χ2v) is 4.81. The lowest BCUT2D eigenvalue weighted by molar-refractivity contribution is 0.591. The first-order chi connectivity index (χ1) is 9.40. The molecule has 2 aromatic heterocycles. The summed E-state index contributed by atoms with van der Waals surface area (Å²) in [5, 5.41) is 7.99. The fraction of sp³-hybridized carbons (Fsp3) is 0.333. The minimum absolute atomic E-state index is 0.720. The Bertz CT molecular complexity index is 549. The van der Waals surface area contributed by atoms with E-state index >= 15 is 0 Å². The molecule has 0 bridgehead atoms. The molecule has 0 radical (unpaired) electrons. The second kappa shape index (κ2) is 5.69. The smallest absolute Gasteiger partial charge is 0.0868 e. The van der Waals surface area contributed by atoms with Crippen LogP contribution in [0.1, 0.15) is 30.7 Å². The highest BCUT2D eigenvalue weighted by Crippen LogP contribution is 2.13. The number of pyridine rings is 1. The number of nitrogens with one attached hydrogen (secondary N) is 1. The molecule has 4 heteroatoms. The molecule has 4 nitrogen and oxygen atoms in total. The van der Waals surface area contributed by atoms with E-state index in [2.05, 4.69) is 21.5 Å². The molecule has 0 aliphatic carbocycles. The highest BCUT2D eigenvalue weighted by atomic mass is 15.3. The van der Waals surface area contributed by atoms with Crippen LogP contribution >= 0.6 is 0 Å². The summed E-state index contributed by atoms with van der Waals surface area (Å²) in [6, 6.07) is 7.99. The van der Waals surface area contributed by atoms with Gasteiger partial charge in [-0.1, -0.05) is 6.07 Å². The third-order valence-corrected chi connectivity index (χ3v) is 3.26. The summed E-state index contributed by atoms with van der Waals surface area (Å²) in [6.07, 6.45) is 9.64. The molecular weight excluding hydrogens is 236 g/mol. The van der Waals surface area contributed by atoms with Crippen LogP contribution in [0.5, 0.6) is 0 Å². The molecule has 0 spiro atoms. The van der Waals surface area contributed by atoms with Crippen molar-refractivity contribution in [3.05, 3.63) is 53.7 Å². The highest BCUT2D eigenvalue weighted by molar-refractivity contribution is 5.47.